The van der Waals surface area contributed by atoms with E-state index in [0.717, 1.165) is 19.4 Å². The van der Waals surface area contributed by atoms with E-state index in [1.54, 1.807) is 0 Å². The third-order valence-corrected chi connectivity index (χ3v) is 1.53. The predicted molar refractivity (Wildman–Crippen MR) is 44.9 cm³/mol. The van der Waals surface area contributed by atoms with E-state index >= 15 is 0 Å². The minimum absolute atomic E-state index is 0.553. The molecule has 0 radical (unpaired) electrons. The van der Waals surface area contributed by atoms with Gasteiger partial charge in [-0.25, -0.2) is 0 Å². The van der Waals surface area contributed by atoms with Gasteiger partial charge in [0.05, 0.1) is 18.2 Å². The molecule has 0 saturated carbocycles. The van der Waals surface area contributed by atoms with Crippen LogP contribution in [0.3, 0.4) is 0 Å². The molecule has 1 heterocycles. The molecule has 1 aliphatic rings. The Morgan fingerprint density at radius 2 is 2.60 bits per heavy atom. The fourth-order valence-corrected chi connectivity index (χ4v) is 1.14. The highest BCUT2D eigenvalue weighted by Gasteiger charge is 2.03. The van der Waals surface area contributed by atoms with Crippen molar-refractivity contribution < 1.29 is 4.74 Å². The molecule has 0 unspecified atom stereocenters. The number of hydrogen-bond acceptors (Lipinski definition) is 2. The summed E-state index contributed by atoms with van der Waals surface area (Å²) in [6.07, 6.45) is 3.87. The second kappa shape index (κ2) is 3.68. The Morgan fingerprint density at radius 3 is 3.10 bits per heavy atom. The molecule has 1 rings (SSSR count). The summed E-state index contributed by atoms with van der Waals surface area (Å²) in [5, 5.41) is 0. The Labute approximate surface area is 66.0 Å². The van der Waals surface area contributed by atoms with Gasteiger partial charge in [-0.2, -0.15) is 0 Å². The van der Waals surface area contributed by atoms with Gasteiger partial charge in [0, 0.05) is 6.42 Å². The molecule has 0 atom stereocenters. The maximum absolute atomic E-state index is 5.36. The largest absolute Gasteiger partial charge is 0.393 e. The van der Waals surface area contributed by atoms with Crippen molar-refractivity contribution in [2.75, 3.05) is 13.2 Å². The zero-order valence-corrected chi connectivity index (χ0v) is 6.62. The lowest BCUT2D eigenvalue weighted by Crippen LogP contribution is -2.14. The molecular weight excluding hydrogens is 146 g/mol. The quantitative estimate of drug-likeness (QED) is 0.480. The fourth-order valence-electron chi connectivity index (χ4n) is 0.956. The molecule has 0 bridgehead atoms. The van der Waals surface area contributed by atoms with E-state index in [-0.39, 0.29) is 0 Å². The Balaban J connectivity index is 2.38. The van der Waals surface area contributed by atoms with Gasteiger partial charge >= 0.3 is 0 Å². The summed E-state index contributed by atoms with van der Waals surface area (Å²) in [4.78, 5) is 0.553. The smallest absolute Gasteiger partial charge is 0.0769 e. The number of ether oxygens (including phenoxy) is 1. The average molecular weight is 157 g/mol. The zero-order valence-electron chi connectivity index (χ0n) is 5.80. The van der Waals surface area contributed by atoms with Gasteiger partial charge in [-0.05, 0) is 12.0 Å². The number of hydrogen-bond donors (Lipinski definition) is 1. The number of nitrogens with two attached hydrogens (primary N) is 1. The van der Waals surface area contributed by atoms with E-state index in [1.807, 2.05) is 0 Å². The average Bonchev–Trinajstić information content (AvgIpc) is 1.88. The van der Waals surface area contributed by atoms with E-state index in [0.29, 0.717) is 11.6 Å². The van der Waals surface area contributed by atoms with Gasteiger partial charge < -0.3 is 10.5 Å². The van der Waals surface area contributed by atoms with E-state index in [4.69, 9.17) is 22.7 Å². The van der Waals surface area contributed by atoms with Crippen LogP contribution in [0.4, 0.5) is 0 Å². The zero-order chi connectivity index (χ0) is 7.40. The second-order valence-corrected chi connectivity index (χ2v) is 2.87. The summed E-state index contributed by atoms with van der Waals surface area (Å²) in [6.45, 7) is 1.54. The van der Waals surface area contributed by atoms with Gasteiger partial charge in [-0.1, -0.05) is 18.3 Å². The monoisotopic (exact) mass is 157 g/mol. The lowest BCUT2D eigenvalue weighted by molar-refractivity contribution is 0.149. The SMILES string of the molecule is NC(=S)CC1=CCCOC1. The summed E-state index contributed by atoms with van der Waals surface area (Å²) in [6, 6.07) is 0. The van der Waals surface area contributed by atoms with Crippen molar-refractivity contribution in [2.45, 2.75) is 12.8 Å². The van der Waals surface area contributed by atoms with Gasteiger partial charge in [-0.15, -0.1) is 0 Å². The van der Waals surface area contributed by atoms with Crippen molar-refractivity contribution in [3.05, 3.63) is 11.6 Å². The summed E-state index contributed by atoms with van der Waals surface area (Å²) in [5.74, 6) is 0. The second-order valence-electron chi connectivity index (χ2n) is 2.35. The van der Waals surface area contributed by atoms with Crippen molar-refractivity contribution >= 4 is 17.2 Å². The normalized spacial score (nSPS) is 18.2. The van der Waals surface area contributed by atoms with Crippen LogP contribution in [0.25, 0.3) is 0 Å². The van der Waals surface area contributed by atoms with Crippen molar-refractivity contribution in [1.29, 1.82) is 0 Å². The minimum Gasteiger partial charge on any atom is -0.393 e. The molecule has 1 aliphatic heterocycles. The molecule has 0 amide bonds. The van der Waals surface area contributed by atoms with Crippen LogP contribution in [0.2, 0.25) is 0 Å². The van der Waals surface area contributed by atoms with Gasteiger partial charge in [0.25, 0.3) is 0 Å². The van der Waals surface area contributed by atoms with Crippen molar-refractivity contribution in [3.8, 4) is 0 Å². The Morgan fingerprint density at radius 1 is 1.80 bits per heavy atom. The summed E-state index contributed by atoms with van der Waals surface area (Å²) in [7, 11) is 0. The topological polar surface area (TPSA) is 35.2 Å². The third-order valence-electron chi connectivity index (χ3n) is 1.38. The van der Waals surface area contributed by atoms with Crippen molar-refractivity contribution in [2.24, 2.45) is 5.73 Å². The van der Waals surface area contributed by atoms with Crippen LogP contribution < -0.4 is 5.73 Å². The molecule has 0 aromatic rings. The standard InChI is InChI=1S/C7H11NOS/c8-7(10)4-6-2-1-3-9-5-6/h2H,1,3-5H2,(H2,8,10). The summed E-state index contributed by atoms with van der Waals surface area (Å²) >= 11 is 4.76. The van der Waals surface area contributed by atoms with Crippen LogP contribution in [0.5, 0.6) is 0 Å². The minimum atomic E-state index is 0.553. The molecule has 0 spiro atoms. The highest BCUT2D eigenvalue weighted by atomic mass is 32.1. The maximum Gasteiger partial charge on any atom is 0.0769 e. The molecule has 0 saturated heterocycles. The van der Waals surface area contributed by atoms with Gasteiger partial charge in [0.1, 0.15) is 0 Å². The van der Waals surface area contributed by atoms with Crippen LogP contribution in [0.1, 0.15) is 12.8 Å². The number of thiocarbonyl (C=S) groups is 1. The van der Waals surface area contributed by atoms with Gasteiger partial charge in [0.2, 0.25) is 0 Å². The highest BCUT2D eigenvalue weighted by Crippen LogP contribution is 2.08. The Hall–Kier alpha value is -0.410. The predicted octanol–water partition coefficient (Wildman–Crippen LogP) is 1.01. The molecule has 2 N–H and O–H groups in total. The van der Waals surface area contributed by atoms with Crippen LogP contribution >= 0.6 is 12.2 Å². The number of rotatable bonds is 2. The molecule has 0 fully saturated rings. The van der Waals surface area contributed by atoms with Crippen molar-refractivity contribution in [1.82, 2.24) is 0 Å². The van der Waals surface area contributed by atoms with E-state index in [1.165, 1.54) is 5.57 Å². The van der Waals surface area contributed by atoms with Gasteiger partial charge in [0.15, 0.2) is 0 Å². The summed E-state index contributed by atoms with van der Waals surface area (Å²) < 4.78 is 5.20. The fraction of sp³-hybridized carbons (Fsp3) is 0.571. The van der Waals surface area contributed by atoms with E-state index in [9.17, 15) is 0 Å². The molecule has 0 aromatic heterocycles. The maximum atomic E-state index is 5.36. The van der Waals surface area contributed by atoms with Crippen LogP contribution in [0.15, 0.2) is 11.6 Å². The van der Waals surface area contributed by atoms with Gasteiger partial charge in [-0.3, -0.25) is 0 Å². The van der Waals surface area contributed by atoms with Crippen LogP contribution in [-0.2, 0) is 4.74 Å². The molecule has 3 heteroatoms. The molecule has 56 valence electrons. The molecule has 0 aromatic carbocycles. The van der Waals surface area contributed by atoms with E-state index in [2.05, 4.69) is 6.08 Å². The first-order valence-electron chi connectivity index (χ1n) is 3.33. The summed E-state index contributed by atoms with van der Waals surface area (Å²) in [5.41, 5.74) is 6.58. The molecule has 0 aliphatic carbocycles. The molecule has 10 heavy (non-hydrogen) atoms. The van der Waals surface area contributed by atoms with Crippen molar-refractivity contribution in [3.63, 3.8) is 0 Å². The first kappa shape index (κ1) is 7.69. The first-order valence-corrected chi connectivity index (χ1v) is 3.74. The van der Waals surface area contributed by atoms with E-state index < -0.39 is 0 Å². The lowest BCUT2D eigenvalue weighted by Gasteiger charge is -2.12. The highest BCUT2D eigenvalue weighted by molar-refractivity contribution is 7.80. The van der Waals surface area contributed by atoms with Crippen LogP contribution in [0, 0.1) is 0 Å². The van der Waals surface area contributed by atoms with Crippen LogP contribution in [-0.4, -0.2) is 18.2 Å². The Bertz CT molecular complexity index is 165. The third kappa shape index (κ3) is 2.45. The molecular formula is C7H11NOS. The Kier molecular flexibility index (Phi) is 2.83. The lowest BCUT2D eigenvalue weighted by atomic mass is 10.1. The molecule has 2 nitrogen and oxygen atoms in total. The first-order chi connectivity index (χ1) is 4.79.